The van der Waals surface area contributed by atoms with Crippen molar-refractivity contribution in [2.45, 2.75) is 24.2 Å². The van der Waals surface area contributed by atoms with Crippen LogP contribution in [0.15, 0.2) is 22.0 Å². The smallest absolute Gasteiger partial charge is 0.315 e. The van der Waals surface area contributed by atoms with Gasteiger partial charge in [-0.2, -0.15) is 10.4 Å². The van der Waals surface area contributed by atoms with Gasteiger partial charge in [0.2, 0.25) is 0 Å². The fourth-order valence-electron chi connectivity index (χ4n) is 2.83. The highest BCUT2D eigenvalue weighted by atomic mass is 35.5. The first kappa shape index (κ1) is 26.7. The van der Waals surface area contributed by atoms with E-state index in [0.717, 1.165) is 11.8 Å². The largest absolute Gasteiger partial charge is 0.468 e. The van der Waals surface area contributed by atoms with E-state index in [0.29, 0.717) is 0 Å². The third-order valence-electron chi connectivity index (χ3n) is 4.35. The topological polar surface area (TPSA) is 83.5 Å². The van der Waals surface area contributed by atoms with Crippen molar-refractivity contribution in [3.63, 3.8) is 0 Å². The minimum Gasteiger partial charge on any atom is -0.468 e. The van der Waals surface area contributed by atoms with E-state index < -0.39 is 42.2 Å². The van der Waals surface area contributed by atoms with Crippen LogP contribution in [0.3, 0.4) is 0 Å². The summed E-state index contributed by atoms with van der Waals surface area (Å²) < 4.78 is 72.0. The van der Waals surface area contributed by atoms with Crippen molar-refractivity contribution in [1.82, 2.24) is 14.7 Å². The van der Waals surface area contributed by atoms with Crippen molar-refractivity contribution in [3.05, 3.63) is 33.4 Å². The highest BCUT2D eigenvalue weighted by molar-refractivity contribution is 8.45. The number of nitriles is 1. The summed E-state index contributed by atoms with van der Waals surface area (Å²) in [6, 6.07) is 1.81. The van der Waals surface area contributed by atoms with Gasteiger partial charge in [0.05, 0.1) is 34.5 Å². The second-order valence-electron chi connectivity index (χ2n) is 7.60. The normalized spacial score (nSPS) is 14.5. The molecular weight excluding hydrogens is 516 g/mol. The van der Waals surface area contributed by atoms with Crippen molar-refractivity contribution in [3.8, 4) is 11.8 Å². The highest BCUT2D eigenvalue weighted by Gasteiger charge is 2.65. The van der Waals surface area contributed by atoms with Crippen molar-refractivity contribution in [2.24, 2.45) is 4.99 Å². The fraction of sp³-hybridized carbons (Fsp3) is 0.333. The first-order valence-corrected chi connectivity index (χ1v) is 11.5. The van der Waals surface area contributed by atoms with Crippen LogP contribution in [-0.2, 0) is 14.9 Å². The number of hydrogen-bond acceptors (Lipinski definition) is 5. The molecule has 0 N–H and O–H groups in total. The van der Waals surface area contributed by atoms with Gasteiger partial charge in [-0.25, -0.2) is 9.67 Å². The molecule has 0 aliphatic heterocycles. The van der Waals surface area contributed by atoms with Gasteiger partial charge in [0.25, 0.3) is 0 Å². The lowest BCUT2D eigenvalue weighted by atomic mass is 9.84. The molecule has 0 bridgehead atoms. The van der Waals surface area contributed by atoms with E-state index in [1.807, 2.05) is 0 Å². The number of methoxy groups -OCH3 is 1. The van der Waals surface area contributed by atoms with E-state index in [2.05, 4.69) is 10.1 Å². The van der Waals surface area contributed by atoms with Crippen LogP contribution >= 0.6 is 33.4 Å². The summed E-state index contributed by atoms with van der Waals surface area (Å²) in [5, 5.41) is 11.9. The maximum Gasteiger partial charge on any atom is 0.315 e. The van der Waals surface area contributed by atoms with Crippen LogP contribution in [0.2, 0.25) is 10.0 Å². The molecule has 0 saturated carbocycles. The third kappa shape index (κ3) is 5.34. The third-order valence-corrected chi connectivity index (χ3v) is 6.05. The molecule has 0 unspecified atom stereocenters. The Morgan fingerprint density at radius 2 is 1.76 bits per heavy atom. The SMILES string of the molecule is COC(=O)C(C)(C)c1c(C#N)nn(-c2c(Cl)cc(S(F)(F)(F)(F)F)cc2Cl)c1/N=C/N(C)C. The Balaban J connectivity index is 2.98. The van der Waals surface area contributed by atoms with Crippen LogP contribution in [-0.4, -0.2) is 48.2 Å². The van der Waals surface area contributed by atoms with E-state index in [1.54, 1.807) is 20.2 Å². The molecule has 7 nitrogen and oxygen atoms in total. The van der Waals surface area contributed by atoms with Gasteiger partial charge in [0.15, 0.2) is 11.5 Å². The van der Waals surface area contributed by atoms with Crippen LogP contribution in [0.5, 0.6) is 0 Å². The van der Waals surface area contributed by atoms with E-state index in [1.165, 1.54) is 25.1 Å². The number of halogens is 7. The number of carbonyl (C=O) groups is 1. The lowest BCUT2D eigenvalue weighted by Gasteiger charge is -2.40. The van der Waals surface area contributed by atoms with E-state index in [4.69, 9.17) is 27.9 Å². The van der Waals surface area contributed by atoms with E-state index in [9.17, 15) is 29.5 Å². The predicted molar refractivity (Wildman–Crippen MR) is 117 cm³/mol. The van der Waals surface area contributed by atoms with Crippen LogP contribution in [0.1, 0.15) is 25.1 Å². The van der Waals surface area contributed by atoms with Crippen LogP contribution in [0.4, 0.5) is 25.2 Å². The van der Waals surface area contributed by atoms with Gasteiger partial charge in [-0.15, -0.1) is 0 Å². The van der Waals surface area contributed by atoms with Crippen LogP contribution < -0.4 is 0 Å². The van der Waals surface area contributed by atoms with Gasteiger partial charge >= 0.3 is 16.2 Å². The predicted octanol–water partition coefficient (Wildman–Crippen LogP) is 6.38. The van der Waals surface area contributed by atoms with Gasteiger partial charge in [0.1, 0.15) is 16.7 Å². The average molecular weight is 534 g/mol. The highest BCUT2D eigenvalue weighted by Crippen LogP contribution is 3.02. The summed E-state index contributed by atoms with van der Waals surface area (Å²) >= 11 is 11.9. The Hall–Kier alpha value is -2.56. The molecule has 182 valence electrons. The monoisotopic (exact) mass is 533 g/mol. The summed E-state index contributed by atoms with van der Waals surface area (Å²) in [7, 11) is -5.77. The first-order valence-electron chi connectivity index (χ1n) is 8.80. The van der Waals surface area contributed by atoms with Gasteiger partial charge in [-0.3, -0.25) is 4.79 Å². The van der Waals surface area contributed by atoms with Crippen molar-refractivity contribution >= 4 is 51.6 Å². The molecule has 2 rings (SSSR count). The molecule has 0 atom stereocenters. The Labute approximate surface area is 196 Å². The summed E-state index contributed by atoms with van der Waals surface area (Å²) in [5.41, 5.74) is -2.32. The van der Waals surface area contributed by atoms with Gasteiger partial charge < -0.3 is 9.64 Å². The van der Waals surface area contributed by atoms with Gasteiger partial charge in [-0.05, 0) is 26.0 Å². The lowest BCUT2D eigenvalue weighted by Crippen LogP contribution is -2.31. The molecule has 0 fully saturated rings. The molecule has 33 heavy (non-hydrogen) atoms. The summed E-state index contributed by atoms with van der Waals surface area (Å²) in [6.07, 6.45) is 1.26. The molecule has 2 aromatic rings. The molecule has 15 heteroatoms. The zero-order valence-electron chi connectivity index (χ0n) is 17.8. The molecule has 0 aliphatic carbocycles. The number of aromatic nitrogens is 2. The minimum atomic E-state index is -10.1. The number of benzene rings is 1. The summed E-state index contributed by atoms with van der Waals surface area (Å²) in [5.74, 6) is -0.965. The maximum atomic E-state index is 13.3. The Kier molecular flexibility index (Phi) is 6.27. The number of rotatable bonds is 6. The maximum absolute atomic E-state index is 13.3. The number of aliphatic imine (C=N–C) groups is 1. The van der Waals surface area contributed by atoms with Gasteiger partial charge in [-0.1, -0.05) is 42.6 Å². The zero-order chi connectivity index (χ0) is 25.6. The molecule has 1 aromatic carbocycles. The molecule has 0 amide bonds. The molecular formula is C18H18Cl2F5N5O2S. The van der Waals surface area contributed by atoms with Crippen molar-refractivity contribution in [1.29, 1.82) is 5.26 Å². The van der Waals surface area contributed by atoms with Crippen LogP contribution in [0, 0.1) is 11.3 Å². The summed E-state index contributed by atoms with van der Waals surface area (Å²) in [4.78, 5) is 15.8. The average Bonchev–Trinajstić information content (AvgIpc) is 3.02. The van der Waals surface area contributed by atoms with Crippen molar-refractivity contribution < 1.29 is 29.0 Å². The molecule has 0 aliphatic rings. The molecule has 1 aromatic heterocycles. The second-order valence-corrected chi connectivity index (χ2v) is 10.8. The molecule has 0 spiro atoms. The zero-order valence-corrected chi connectivity index (χ0v) is 20.2. The standard InChI is InChI=1S/C18H18Cl2F5N5O2S/c1-18(2,17(31)32-5)14-13(8-26)28-30(16(14)27-9-29(3)4)15-11(19)6-10(7-12(15)20)33(21,22,23,24)25/h6-7,9H,1-5H3/b27-9+. The first-order chi connectivity index (χ1) is 14.7. The number of ether oxygens (including phenoxy) is 1. The molecule has 0 radical (unpaired) electrons. The molecule has 0 saturated heterocycles. The Morgan fingerprint density at radius 1 is 1.24 bits per heavy atom. The van der Waals surface area contributed by atoms with E-state index >= 15 is 0 Å². The number of carbonyl (C=O) groups excluding carboxylic acids is 1. The minimum absolute atomic E-state index is 0.0165. The second kappa shape index (κ2) is 7.75. The fourth-order valence-corrected chi connectivity index (χ4v) is 4.29. The van der Waals surface area contributed by atoms with Crippen LogP contribution in [0.25, 0.3) is 5.69 Å². The van der Waals surface area contributed by atoms with E-state index in [-0.39, 0.29) is 29.2 Å². The number of hydrogen-bond donors (Lipinski definition) is 0. The summed E-state index contributed by atoms with van der Waals surface area (Å²) in [6.45, 7) is 2.83. The quantitative estimate of drug-likeness (QED) is 0.186. The lowest BCUT2D eigenvalue weighted by molar-refractivity contribution is -0.146. The number of nitrogens with zero attached hydrogens (tertiary/aromatic N) is 5. The Bertz CT molecular complexity index is 1180. The number of esters is 1. The van der Waals surface area contributed by atoms with Crippen molar-refractivity contribution in [2.75, 3.05) is 21.2 Å². The Morgan fingerprint density at radius 3 is 2.15 bits per heavy atom. The van der Waals surface area contributed by atoms with Gasteiger partial charge in [0, 0.05) is 14.1 Å². The molecule has 1 heterocycles.